The minimum atomic E-state index is -0.587. The minimum absolute atomic E-state index is 0.0636. The molecule has 2 aromatic carbocycles. The molecule has 1 saturated heterocycles. The second-order valence-electron chi connectivity index (χ2n) is 7.98. The van der Waals surface area contributed by atoms with Gasteiger partial charge in [0.05, 0.1) is 23.1 Å². The van der Waals surface area contributed by atoms with Gasteiger partial charge in [-0.25, -0.2) is 19.2 Å². The van der Waals surface area contributed by atoms with E-state index in [4.69, 9.17) is 27.9 Å². The highest BCUT2D eigenvalue weighted by Crippen LogP contribution is 2.35. The number of hydrogen-bond donors (Lipinski definition) is 3. The average molecular weight is 504 g/mol. The van der Waals surface area contributed by atoms with E-state index in [-0.39, 0.29) is 17.1 Å². The molecule has 1 aromatic heterocycles. The van der Waals surface area contributed by atoms with Gasteiger partial charge in [0.2, 0.25) is 0 Å². The van der Waals surface area contributed by atoms with Crippen LogP contribution >= 0.6 is 23.2 Å². The first kappa shape index (κ1) is 24.2. The molecule has 0 spiro atoms. The van der Waals surface area contributed by atoms with E-state index in [0.29, 0.717) is 33.4 Å². The molecule has 0 saturated carbocycles. The summed E-state index contributed by atoms with van der Waals surface area (Å²) >= 11 is 12.3. The molecule has 1 aliphatic rings. The van der Waals surface area contributed by atoms with E-state index in [1.165, 1.54) is 12.1 Å². The zero-order chi connectivity index (χ0) is 24.1. The van der Waals surface area contributed by atoms with Gasteiger partial charge in [-0.1, -0.05) is 35.3 Å². The SMILES string of the molecule is CC(Oc1cccc(-c2ncc(NC(=O)NC3CCCNC3)cn2)c1)c1c(Cl)ccc(F)c1Cl. The monoisotopic (exact) mass is 503 g/mol. The van der Waals surface area contributed by atoms with Crippen LogP contribution < -0.4 is 20.7 Å². The standard InChI is InChI=1S/C24H24Cl2FN5O2/c1-14(21-19(25)7-8-20(27)22(21)26)34-18-6-2-4-15(10-18)23-29-12-17(13-30-23)32-24(33)31-16-5-3-9-28-11-16/h2,4,6-8,10,12-14,16,28H,3,5,9,11H2,1H3,(H2,31,32,33). The molecule has 2 amide bonds. The summed E-state index contributed by atoms with van der Waals surface area (Å²) in [6, 6.07) is 9.65. The number of halogens is 3. The van der Waals surface area contributed by atoms with Gasteiger partial charge >= 0.3 is 6.03 Å². The predicted molar refractivity (Wildman–Crippen MR) is 131 cm³/mol. The highest BCUT2D eigenvalue weighted by molar-refractivity contribution is 6.36. The van der Waals surface area contributed by atoms with Crippen LogP contribution in [0.3, 0.4) is 0 Å². The van der Waals surface area contributed by atoms with Crippen molar-refractivity contribution in [2.75, 3.05) is 18.4 Å². The summed E-state index contributed by atoms with van der Waals surface area (Å²) in [5.74, 6) is 0.423. The molecule has 7 nitrogen and oxygen atoms in total. The van der Waals surface area contributed by atoms with Gasteiger partial charge in [-0.3, -0.25) is 0 Å². The van der Waals surface area contributed by atoms with Crippen molar-refractivity contribution in [2.24, 2.45) is 0 Å². The molecule has 4 rings (SSSR count). The topological polar surface area (TPSA) is 88.2 Å². The van der Waals surface area contributed by atoms with Crippen LogP contribution in [0.15, 0.2) is 48.8 Å². The molecule has 1 aliphatic heterocycles. The molecule has 34 heavy (non-hydrogen) atoms. The first-order valence-electron chi connectivity index (χ1n) is 10.9. The maximum absolute atomic E-state index is 13.9. The van der Waals surface area contributed by atoms with E-state index in [0.717, 1.165) is 25.9 Å². The maximum atomic E-state index is 13.9. The third kappa shape index (κ3) is 5.94. The Kier molecular flexibility index (Phi) is 7.82. The molecule has 178 valence electrons. The smallest absolute Gasteiger partial charge is 0.319 e. The van der Waals surface area contributed by atoms with E-state index in [9.17, 15) is 9.18 Å². The van der Waals surface area contributed by atoms with E-state index < -0.39 is 11.9 Å². The van der Waals surface area contributed by atoms with E-state index in [1.807, 2.05) is 6.07 Å². The van der Waals surface area contributed by atoms with Crippen molar-refractivity contribution < 1.29 is 13.9 Å². The number of nitrogens with zero attached hydrogens (tertiary/aromatic N) is 2. The summed E-state index contributed by atoms with van der Waals surface area (Å²) in [4.78, 5) is 20.9. The third-order valence-corrected chi connectivity index (χ3v) is 6.15. The fourth-order valence-electron chi connectivity index (χ4n) is 3.76. The number of hydrogen-bond acceptors (Lipinski definition) is 5. The molecule has 2 unspecified atom stereocenters. The van der Waals surface area contributed by atoms with Crippen LogP contribution in [0, 0.1) is 5.82 Å². The zero-order valence-corrected chi connectivity index (χ0v) is 20.0. The fourth-order valence-corrected chi connectivity index (χ4v) is 4.43. The number of nitrogens with one attached hydrogen (secondary N) is 3. The lowest BCUT2D eigenvalue weighted by molar-refractivity contribution is 0.226. The van der Waals surface area contributed by atoms with E-state index in [1.54, 1.807) is 37.5 Å². The van der Waals surface area contributed by atoms with Crippen molar-refractivity contribution in [1.29, 1.82) is 0 Å². The number of rotatable bonds is 6. The summed E-state index contributed by atoms with van der Waals surface area (Å²) in [5, 5.41) is 9.21. The lowest BCUT2D eigenvalue weighted by Gasteiger charge is -2.23. The van der Waals surface area contributed by atoms with Crippen LogP contribution in [0.25, 0.3) is 11.4 Å². The van der Waals surface area contributed by atoms with Gasteiger partial charge in [-0.2, -0.15) is 0 Å². The van der Waals surface area contributed by atoms with Gasteiger partial charge in [-0.05, 0) is 50.6 Å². The summed E-state index contributed by atoms with van der Waals surface area (Å²) in [5.41, 5.74) is 1.58. The Hall–Kier alpha value is -2.94. The number of ether oxygens (including phenoxy) is 1. The molecule has 3 aromatic rings. The minimum Gasteiger partial charge on any atom is -0.486 e. The zero-order valence-electron chi connectivity index (χ0n) is 18.4. The van der Waals surface area contributed by atoms with Crippen molar-refractivity contribution in [3.63, 3.8) is 0 Å². The Bertz CT molecular complexity index is 1160. The largest absolute Gasteiger partial charge is 0.486 e. The summed E-state index contributed by atoms with van der Waals surface area (Å²) < 4.78 is 19.8. The molecular formula is C24H24Cl2FN5O2. The van der Waals surface area contributed by atoms with Crippen LogP contribution in [0.2, 0.25) is 10.0 Å². The molecule has 0 bridgehead atoms. The fraction of sp³-hybridized carbons (Fsp3) is 0.292. The van der Waals surface area contributed by atoms with Crippen LogP contribution in [-0.2, 0) is 0 Å². The molecule has 0 aliphatic carbocycles. The normalized spacial score (nSPS) is 16.5. The quantitative estimate of drug-likeness (QED) is 0.381. The Morgan fingerprint density at radius 3 is 2.76 bits per heavy atom. The first-order valence-corrected chi connectivity index (χ1v) is 11.7. The molecule has 3 N–H and O–H groups in total. The van der Waals surface area contributed by atoms with E-state index >= 15 is 0 Å². The van der Waals surface area contributed by atoms with Crippen LogP contribution in [-0.4, -0.2) is 35.1 Å². The number of carbonyl (C=O) groups is 1. The summed E-state index contributed by atoms with van der Waals surface area (Å²) in [6.45, 7) is 3.48. The number of piperidine rings is 1. The highest BCUT2D eigenvalue weighted by atomic mass is 35.5. The van der Waals surface area contributed by atoms with Crippen LogP contribution in [0.4, 0.5) is 14.9 Å². The average Bonchev–Trinajstić information content (AvgIpc) is 2.83. The third-order valence-electron chi connectivity index (χ3n) is 5.43. The molecule has 0 radical (unpaired) electrons. The van der Waals surface area contributed by atoms with Gasteiger partial charge < -0.3 is 20.7 Å². The van der Waals surface area contributed by atoms with Crippen molar-refractivity contribution in [3.05, 3.63) is 70.2 Å². The van der Waals surface area contributed by atoms with Crippen molar-refractivity contribution in [1.82, 2.24) is 20.6 Å². The molecular weight excluding hydrogens is 480 g/mol. The van der Waals surface area contributed by atoms with E-state index in [2.05, 4.69) is 25.9 Å². The van der Waals surface area contributed by atoms with Crippen molar-refractivity contribution in [2.45, 2.75) is 31.9 Å². The molecule has 10 heteroatoms. The Labute approximate surface area is 207 Å². The Balaban J connectivity index is 1.41. The van der Waals surface area contributed by atoms with Gasteiger partial charge in [0.1, 0.15) is 17.7 Å². The van der Waals surface area contributed by atoms with Gasteiger partial charge in [0.15, 0.2) is 5.82 Å². The maximum Gasteiger partial charge on any atom is 0.319 e. The number of amides is 2. The second kappa shape index (κ2) is 11.0. The number of carbonyl (C=O) groups excluding carboxylic acids is 1. The highest BCUT2D eigenvalue weighted by Gasteiger charge is 2.19. The Morgan fingerprint density at radius 1 is 1.24 bits per heavy atom. The lowest BCUT2D eigenvalue weighted by atomic mass is 10.1. The molecule has 1 fully saturated rings. The van der Waals surface area contributed by atoms with Crippen LogP contribution in [0.5, 0.6) is 5.75 Å². The van der Waals surface area contributed by atoms with Gasteiger partial charge in [-0.15, -0.1) is 0 Å². The second-order valence-corrected chi connectivity index (χ2v) is 8.77. The van der Waals surface area contributed by atoms with Gasteiger partial charge in [0, 0.05) is 28.7 Å². The number of benzene rings is 2. The summed E-state index contributed by atoms with van der Waals surface area (Å²) in [6.07, 6.45) is 4.49. The Morgan fingerprint density at radius 2 is 2.03 bits per heavy atom. The molecule has 2 heterocycles. The number of urea groups is 1. The number of anilines is 1. The lowest BCUT2D eigenvalue weighted by Crippen LogP contribution is -2.47. The molecule has 2 atom stereocenters. The summed E-state index contributed by atoms with van der Waals surface area (Å²) in [7, 11) is 0. The van der Waals surface area contributed by atoms with Crippen molar-refractivity contribution in [3.8, 4) is 17.1 Å². The first-order chi connectivity index (χ1) is 16.4. The predicted octanol–water partition coefficient (Wildman–Crippen LogP) is 5.60. The van der Waals surface area contributed by atoms with Gasteiger partial charge in [0.25, 0.3) is 0 Å². The number of aromatic nitrogens is 2. The van der Waals surface area contributed by atoms with Crippen LogP contribution in [0.1, 0.15) is 31.4 Å². The van der Waals surface area contributed by atoms with Crippen molar-refractivity contribution >= 4 is 34.9 Å².